The average Bonchev–Trinajstić information content (AvgIpc) is 2.27. The van der Waals surface area contributed by atoms with E-state index in [0.29, 0.717) is 24.8 Å². The van der Waals surface area contributed by atoms with E-state index in [1.165, 1.54) is 11.4 Å². The summed E-state index contributed by atoms with van der Waals surface area (Å²) in [7, 11) is 0. The highest BCUT2D eigenvalue weighted by Gasteiger charge is 2.24. The molecule has 6 heteroatoms. The van der Waals surface area contributed by atoms with E-state index in [0.717, 1.165) is 25.7 Å². The van der Waals surface area contributed by atoms with Gasteiger partial charge in [0.2, 0.25) is 0 Å². The minimum Gasteiger partial charge on any atom is -0.301 e. The number of hydrogen-bond donors (Lipinski definition) is 0. The van der Waals surface area contributed by atoms with Gasteiger partial charge in [0.25, 0.3) is 0 Å². The topological polar surface area (TPSA) is 35.5 Å². The lowest BCUT2D eigenvalue weighted by Crippen LogP contribution is -1.98. The Morgan fingerprint density at radius 1 is 1.12 bits per heavy atom. The third-order valence-corrected chi connectivity index (χ3v) is 6.06. The van der Waals surface area contributed by atoms with E-state index in [1.807, 2.05) is 0 Å². The predicted molar refractivity (Wildman–Crippen MR) is 72.5 cm³/mol. The Morgan fingerprint density at radius 3 is 2.00 bits per heavy atom. The standard InChI is InChI=1S/C10H22ClO3PS/c1-3-5-8-13-15(12,16-10-7-11)14-9-6-4-2/h3-10H2,1-2H3. The van der Waals surface area contributed by atoms with Gasteiger partial charge in [-0.25, -0.2) is 4.57 Å². The third-order valence-electron chi connectivity index (χ3n) is 1.82. The summed E-state index contributed by atoms with van der Waals surface area (Å²) in [6.07, 6.45) is 3.86. The first-order chi connectivity index (χ1) is 7.68. The van der Waals surface area contributed by atoms with Crippen LogP contribution in [-0.4, -0.2) is 24.8 Å². The number of unbranched alkanes of at least 4 members (excludes halogenated alkanes) is 2. The molecule has 0 saturated carbocycles. The summed E-state index contributed by atoms with van der Waals surface area (Å²) in [6.45, 7) is 2.16. The Morgan fingerprint density at radius 2 is 1.62 bits per heavy atom. The zero-order chi connectivity index (χ0) is 12.3. The van der Waals surface area contributed by atoms with Crippen LogP contribution in [0.15, 0.2) is 0 Å². The average molecular weight is 289 g/mol. The molecule has 0 aromatic heterocycles. The van der Waals surface area contributed by atoms with Crippen molar-refractivity contribution in [1.29, 1.82) is 0 Å². The fraction of sp³-hybridized carbons (Fsp3) is 1.00. The molecule has 16 heavy (non-hydrogen) atoms. The van der Waals surface area contributed by atoms with Crippen LogP contribution in [-0.2, 0) is 13.6 Å². The lowest BCUT2D eigenvalue weighted by atomic mass is 10.4. The lowest BCUT2D eigenvalue weighted by molar-refractivity contribution is 0.215. The minimum absolute atomic E-state index is 0.461. The second-order valence-corrected chi connectivity index (χ2v) is 7.91. The SMILES string of the molecule is CCCCOP(=O)(OCCCC)SCCCl. The van der Waals surface area contributed by atoms with E-state index >= 15 is 0 Å². The highest BCUT2D eigenvalue weighted by Crippen LogP contribution is 2.60. The van der Waals surface area contributed by atoms with Gasteiger partial charge in [-0.3, -0.25) is 0 Å². The number of alkyl halides is 1. The van der Waals surface area contributed by atoms with Crippen LogP contribution < -0.4 is 0 Å². The van der Waals surface area contributed by atoms with Crippen LogP contribution in [0.2, 0.25) is 0 Å². The van der Waals surface area contributed by atoms with Crippen LogP contribution >= 0.6 is 29.8 Å². The summed E-state index contributed by atoms with van der Waals surface area (Å²) in [5, 5.41) is 0. The molecule has 0 aromatic rings. The van der Waals surface area contributed by atoms with Gasteiger partial charge in [-0.15, -0.1) is 11.6 Å². The second kappa shape index (κ2) is 10.9. The van der Waals surface area contributed by atoms with Gasteiger partial charge in [0.1, 0.15) is 0 Å². The summed E-state index contributed by atoms with van der Waals surface area (Å²) in [4.78, 5) is 0. The van der Waals surface area contributed by atoms with Crippen LogP contribution in [0.1, 0.15) is 39.5 Å². The fourth-order valence-corrected chi connectivity index (χ4v) is 4.51. The maximum absolute atomic E-state index is 12.2. The fourth-order valence-electron chi connectivity index (χ4n) is 0.899. The quantitative estimate of drug-likeness (QED) is 0.314. The Kier molecular flexibility index (Phi) is 11.5. The molecular formula is C10H22ClO3PS. The molecule has 0 spiro atoms. The summed E-state index contributed by atoms with van der Waals surface area (Å²) in [5.74, 6) is 1.06. The maximum atomic E-state index is 12.2. The molecule has 0 fully saturated rings. The first-order valence-corrected chi connectivity index (χ1v) is 9.45. The Bertz CT molecular complexity index is 191. The van der Waals surface area contributed by atoms with Gasteiger partial charge in [-0.1, -0.05) is 26.7 Å². The van der Waals surface area contributed by atoms with Crippen molar-refractivity contribution in [3.8, 4) is 0 Å². The van der Waals surface area contributed by atoms with Gasteiger partial charge in [-0.05, 0) is 24.2 Å². The molecule has 0 N–H and O–H groups in total. The van der Waals surface area contributed by atoms with E-state index < -0.39 is 6.80 Å². The van der Waals surface area contributed by atoms with Gasteiger partial charge < -0.3 is 9.05 Å². The predicted octanol–water partition coefficient (Wildman–Crippen LogP) is 4.70. The van der Waals surface area contributed by atoms with E-state index in [2.05, 4.69) is 13.8 Å². The zero-order valence-corrected chi connectivity index (χ0v) is 12.6. The molecule has 0 aliphatic heterocycles. The zero-order valence-electron chi connectivity index (χ0n) is 10.1. The Hall–Kier alpha value is 0.790. The van der Waals surface area contributed by atoms with Crippen molar-refractivity contribution in [2.24, 2.45) is 0 Å². The highest BCUT2D eigenvalue weighted by atomic mass is 35.5. The minimum atomic E-state index is -2.96. The molecule has 0 heterocycles. The number of rotatable bonds is 11. The van der Waals surface area contributed by atoms with Gasteiger partial charge in [-0.2, -0.15) is 0 Å². The largest absolute Gasteiger partial charge is 0.389 e. The van der Waals surface area contributed by atoms with Crippen LogP contribution in [0.3, 0.4) is 0 Å². The Labute approximate surface area is 108 Å². The van der Waals surface area contributed by atoms with Gasteiger partial charge in [0, 0.05) is 11.6 Å². The number of hydrogen-bond acceptors (Lipinski definition) is 4. The summed E-state index contributed by atoms with van der Waals surface area (Å²) in [6, 6.07) is 0. The van der Waals surface area contributed by atoms with Gasteiger partial charge in [0.15, 0.2) is 0 Å². The molecular weight excluding hydrogens is 267 g/mol. The normalized spacial score (nSPS) is 11.9. The van der Waals surface area contributed by atoms with Gasteiger partial charge in [0.05, 0.1) is 13.2 Å². The first kappa shape index (κ1) is 16.8. The molecule has 0 aliphatic carbocycles. The number of halogens is 1. The second-order valence-electron chi connectivity index (χ2n) is 3.34. The van der Waals surface area contributed by atoms with Crippen molar-refractivity contribution in [2.45, 2.75) is 39.5 Å². The molecule has 0 bridgehead atoms. The lowest BCUT2D eigenvalue weighted by Gasteiger charge is -2.17. The molecule has 0 unspecified atom stereocenters. The van der Waals surface area contributed by atoms with E-state index in [9.17, 15) is 4.57 Å². The van der Waals surface area contributed by atoms with Crippen molar-refractivity contribution in [3.05, 3.63) is 0 Å². The molecule has 0 radical (unpaired) electrons. The van der Waals surface area contributed by atoms with Crippen molar-refractivity contribution >= 4 is 29.8 Å². The molecule has 0 saturated heterocycles. The molecule has 0 aromatic carbocycles. The van der Waals surface area contributed by atoms with Crippen molar-refractivity contribution in [1.82, 2.24) is 0 Å². The van der Waals surface area contributed by atoms with Crippen LogP contribution in [0.25, 0.3) is 0 Å². The highest BCUT2D eigenvalue weighted by molar-refractivity contribution is 8.55. The summed E-state index contributed by atoms with van der Waals surface area (Å²) >= 11 is 6.78. The summed E-state index contributed by atoms with van der Waals surface area (Å²) in [5.41, 5.74) is 0. The smallest absolute Gasteiger partial charge is 0.301 e. The van der Waals surface area contributed by atoms with Crippen molar-refractivity contribution in [3.63, 3.8) is 0 Å². The molecule has 3 nitrogen and oxygen atoms in total. The third kappa shape index (κ3) is 8.89. The van der Waals surface area contributed by atoms with Crippen molar-refractivity contribution < 1.29 is 13.6 Å². The molecule has 0 atom stereocenters. The Balaban J connectivity index is 3.97. The maximum Gasteiger partial charge on any atom is 0.389 e. The van der Waals surface area contributed by atoms with Crippen LogP contribution in [0, 0.1) is 0 Å². The van der Waals surface area contributed by atoms with Crippen LogP contribution in [0.4, 0.5) is 0 Å². The molecule has 98 valence electrons. The molecule has 0 amide bonds. The molecule has 0 rings (SSSR count). The van der Waals surface area contributed by atoms with E-state index in [4.69, 9.17) is 20.6 Å². The summed E-state index contributed by atoms with van der Waals surface area (Å²) < 4.78 is 22.9. The molecule has 0 aliphatic rings. The van der Waals surface area contributed by atoms with Crippen molar-refractivity contribution in [2.75, 3.05) is 24.8 Å². The van der Waals surface area contributed by atoms with Crippen LogP contribution in [0.5, 0.6) is 0 Å². The van der Waals surface area contributed by atoms with E-state index in [-0.39, 0.29) is 0 Å². The first-order valence-electron chi connectivity index (χ1n) is 5.78. The monoisotopic (exact) mass is 288 g/mol. The van der Waals surface area contributed by atoms with Gasteiger partial charge >= 0.3 is 6.80 Å². The van der Waals surface area contributed by atoms with E-state index in [1.54, 1.807) is 0 Å².